The van der Waals surface area contributed by atoms with Crippen LogP contribution in [0.3, 0.4) is 0 Å². The van der Waals surface area contributed by atoms with Gasteiger partial charge >= 0.3 is 0 Å². The summed E-state index contributed by atoms with van der Waals surface area (Å²) in [6.45, 7) is 1.68. The average molecular weight is 202 g/mol. The average Bonchev–Trinajstić information content (AvgIpc) is 2.97. The van der Waals surface area contributed by atoms with Gasteiger partial charge in [0.15, 0.2) is 0 Å². The van der Waals surface area contributed by atoms with E-state index in [0.29, 0.717) is 6.04 Å². The molecule has 5 heteroatoms. The summed E-state index contributed by atoms with van der Waals surface area (Å²) in [5.41, 5.74) is 0. The van der Waals surface area contributed by atoms with Gasteiger partial charge in [0, 0.05) is 12.6 Å². The summed E-state index contributed by atoms with van der Waals surface area (Å²) in [5, 5.41) is 23.3. The van der Waals surface area contributed by atoms with E-state index in [1.165, 1.54) is 0 Å². The molecule has 14 heavy (non-hydrogen) atoms. The second kappa shape index (κ2) is 5.29. The van der Waals surface area contributed by atoms with Crippen molar-refractivity contribution in [2.45, 2.75) is 38.0 Å². The van der Waals surface area contributed by atoms with Crippen LogP contribution in [0.5, 0.6) is 0 Å². The highest BCUT2D eigenvalue weighted by molar-refractivity contribution is 5.81. The molecule has 5 nitrogen and oxygen atoms in total. The first-order chi connectivity index (χ1) is 6.63. The van der Waals surface area contributed by atoms with Gasteiger partial charge in [-0.1, -0.05) is 0 Å². The van der Waals surface area contributed by atoms with Crippen LogP contribution in [0, 0.1) is 0 Å². The third kappa shape index (κ3) is 4.04. The lowest BCUT2D eigenvalue weighted by Crippen LogP contribution is -2.45. The quantitative estimate of drug-likeness (QED) is 0.427. The van der Waals surface area contributed by atoms with Crippen molar-refractivity contribution in [2.24, 2.45) is 0 Å². The molecule has 0 bridgehead atoms. The fraction of sp³-hybridized carbons (Fsp3) is 0.889. The Hall–Kier alpha value is -0.650. The third-order valence-electron chi connectivity index (χ3n) is 2.19. The molecular formula is C9H18N2O3. The minimum Gasteiger partial charge on any atom is -0.394 e. The number of amides is 1. The molecule has 0 aromatic rings. The first-order valence-corrected chi connectivity index (χ1v) is 4.96. The van der Waals surface area contributed by atoms with Gasteiger partial charge in [-0.3, -0.25) is 4.79 Å². The Bertz CT molecular complexity index is 194. The number of nitrogens with one attached hydrogen (secondary N) is 2. The van der Waals surface area contributed by atoms with Crippen LogP contribution in [0.15, 0.2) is 0 Å². The van der Waals surface area contributed by atoms with Gasteiger partial charge in [0.2, 0.25) is 5.91 Å². The monoisotopic (exact) mass is 202 g/mol. The smallest absolute Gasteiger partial charge is 0.237 e. The van der Waals surface area contributed by atoms with Crippen LogP contribution in [0.2, 0.25) is 0 Å². The predicted molar refractivity (Wildman–Crippen MR) is 51.7 cm³/mol. The van der Waals surface area contributed by atoms with Crippen LogP contribution >= 0.6 is 0 Å². The van der Waals surface area contributed by atoms with Crippen LogP contribution in [0.25, 0.3) is 0 Å². The molecular weight excluding hydrogens is 184 g/mol. The lowest BCUT2D eigenvalue weighted by Gasteiger charge is -2.15. The van der Waals surface area contributed by atoms with Crippen molar-refractivity contribution < 1.29 is 15.0 Å². The maximum absolute atomic E-state index is 11.4. The number of carbonyl (C=O) groups excluding carboxylic acids is 1. The van der Waals surface area contributed by atoms with E-state index in [0.717, 1.165) is 12.8 Å². The Morgan fingerprint density at radius 3 is 2.71 bits per heavy atom. The Balaban J connectivity index is 2.12. The van der Waals surface area contributed by atoms with E-state index in [2.05, 4.69) is 10.6 Å². The molecule has 1 aliphatic rings. The van der Waals surface area contributed by atoms with Crippen molar-refractivity contribution in [3.8, 4) is 0 Å². The molecule has 4 N–H and O–H groups in total. The molecule has 0 spiro atoms. The summed E-state index contributed by atoms with van der Waals surface area (Å²) in [5.74, 6) is -0.0439. The van der Waals surface area contributed by atoms with Gasteiger partial charge in [0.25, 0.3) is 0 Å². The van der Waals surface area contributed by atoms with Gasteiger partial charge in [-0.2, -0.15) is 0 Å². The zero-order valence-corrected chi connectivity index (χ0v) is 8.36. The number of hydrogen-bond acceptors (Lipinski definition) is 4. The normalized spacial score (nSPS) is 20.2. The molecule has 0 saturated heterocycles. The lowest BCUT2D eigenvalue weighted by atomic mass is 10.3. The second-order valence-corrected chi connectivity index (χ2v) is 3.75. The molecule has 1 saturated carbocycles. The molecule has 1 amide bonds. The molecule has 1 fully saturated rings. The molecule has 2 atom stereocenters. The van der Waals surface area contributed by atoms with E-state index < -0.39 is 6.10 Å². The van der Waals surface area contributed by atoms with Crippen molar-refractivity contribution in [2.75, 3.05) is 13.2 Å². The first-order valence-electron chi connectivity index (χ1n) is 4.96. The highest BCUT2D eigenvalue weighted by Gasteiger charge is 2.25. The summed E-state index contributed by atoms with van der Waals surface area (Å²) >= 11 is 0. The molecule has 0 aromatic carbocycles. The van der Waals surface area contributed by atoms with Crippen molar-refractivity contribution in [1.82, 2.24) is 10.6 Å². The minimum atomic E-state index is -0.800. The molecule has 0 aromatic heterocycles. The van der Waals surface area contributed by atoms with Crippen molar-refractivity contribution in [3.63, 3.8) is 0 Å². The third-order valence-corrected chi connectivity index (χ3v) is 2.19. The van der Waals surface area contributed by atoms with Gasteiger partial charge in [0.1, 0.15) is 0 Å². The van der Waals surface area contributed by atoms with Gasteiger partial charge in [0.05, 0.1) is 18.8 Å². The maximum Gasteiger partial charge on any atom is 0.237 e. The fourth-order valence-electron chi connectivity index (χ4n) is 1.02. The molecule has 0 heterocycles. The maximum atomic E-state index is 11.4. The Kier molecular flexibility index (Phi) is 4.31. The Labute approximate surface area is 83.5 Å². The van der Waals surface area contributed by atoms with Crippen molar-refractivity contribution >= 4 is 5.91 Å². The van der Waals surface area contributed by atoms with Crippen LogP contribution in [0.4, 0.5) is 0 Å². The summed E-state index contributed by atoms with van der Waals surface area (Å²) in [4.78, 5) is 11.4. The van der Waals surface area contributed by atoms with Gasteiger partial charge in [-0.25, -0.2) is 0 Å². The zero-order chi connectivity index (χ0) is 10.6. The van der Waals surface area contributed by atoms with E-state index >= 15 is 0 Å². The number of aliphatic hydroxyl groups excluding tert-OH is 2. The molecule has 1 aliphatic carbocycles. The molecule has 1 rings (SSSR count). The highest BCUT2D eigenvalue weighted by Crippen LogP contribution is 2.18. The minimum absolute atomic E-state index is 0.0439. The fourth-order valence-corrected chi connectivity index (χ4v) is 1.02. The van der Waals surface area contributed by atoms with E-state index in [1.54, 1.807) is 6.92 Å². The van der Waals surface area contributed by atoms with Crippen molar-refractivity contribution in [3.05, 3.63) is 0 Å². The van der Waals surface area contributed by atoms with Gasteiger partial charge in [-0.15, -0.1) is 0 Å². The predicted octanol–water partition coefficient (Wildman–Crippen LogP) is -1.40. The summed E-state index contributed by atoms with van der Waals surface area (Å²) in [6, 6.07) is 0.0336. The highest BCUT2D eigenvalue weighted by atomic mass is 16.3. The van der Waals surface area contributed by atoms with Crippen LogP contribution in [-0.4, -0.2) is 47.5 Å². The van der Waals surface area contributed by atoms with Crippen LogP contribution < -0.4 is 10.6 Å². The van der Waals surface area contributed by atoms with Gasteiger partial charge < -0.3 is 20.8 Å². The molecule has 2 unspecified atom stereocenters. The summed E-state index contributed by atoms with van der Waals surface area (Å²) in [6.07, 6.45) is 1.33. The SMILES string of the molecule is CC(NCC(O)CO)C(=O)NC1CC1. The number of hydrogen-bond donors (Lipinski definition) is 4. The second-order valence-electron chi connectivity index (χ2n) is 3.75. The van der Waals surface area contributed by atoms with Gasteiger partial charge in [-0.05, 0) is 19.8 Å². The van der Waals surface area contributed by atoms with E-state index in [1.807, 2.05) is 0 Å². The number of rotatable bonds is 6. The van der Waals surface area contributed by atoms with Crippen molar-refractivity contribution in [1.29, 1.82) is 0 Å². The van der Waals surface area contributed by atoms with E-state index in [4.69, 9.17) is 10.2 Å². The summed E-state index contributed by atoms with van der Waals surface area (Å²) < 4.78 is 0. The number of carbonyl (C=O) groups is 1. The van der Waals surface area contributed by atoms with E-state index in [9.17, 15) is 4.79 Å². The molecule has 82 valence electrons. The first kappa shape index (κ1) is 11.4. The topological polar surface area (TPSA) is 81.6 Å². The standard InChI is InChI=1S/C9H18N2O3/c1-6(10-4-8(13)5-12)9(14)11-7-2-3-7/h6-8,10,12-13H,2-5H2,1H3,(H,11,14). The van der Waals surface area contributed by atoms with E-state index in [-0.39, 0.29) is 25.1 Å². The summed E-state index contributed by atoms with van der Waals surface area (Å²) in [7, 11) is 0. The Morgan fingerprint density at radius 2 is 2.21 bits per heavy atom. The Morgan fingerprint density at radius 1 is 1.57 bits per heavy atom. The number of aliphatic hydroxyl groups is 2. The molecule has 0 aliphatic heterocycles. The lowest BCUT2D eigenvalue weighted by molar-refractivity contribution is -0.123. The largest absolute Gasteiger partial charge is 0.394 e. The van der Waals surface area contributed by atoms with Crippen LogP contribution in [-0.2, 0) is 4.79 Å². The molecule has 0 radical (unpaired) electrons. The van der Waals surface area contributed by atoms with Crippen LogP contribution in [0.1, 0.15) is 19.8 Å². The zero-order valence-electron chi connectivity index (χ0n) is 8.36.